The van der Waals surface area contributed by atoms with E-state index in [1.54, 1.807) is 24.4 Å². The first kappa shape index (κ1) is 12.8. The molecule has 0 saturated carbocycles. The molecule has 2 N–H and O–H groups in total. The molecule has 0 spiro atoms. The maximum atomic E-state index is 12.2. The molecule has 0 unspecified atom stereocenters. The van der Waals surface area contributed by atoms with E-state index in [0.29, 0.717) is 11.3 Å². The van der Waals surface area contributed by atoms with Gasteiger partial charge in [-0.25, -0.2) is 4.98 Å². The molecule has 0 saturated heterocycles. The maximum Gasteiger partial charge on any atom is 0.255 e. The molecule has 0 radical (unpaired) electrons. The number of H-pyrrole nitrogens is 1. The van der Waals surface area contributed by atoms with Gasteiger partial charge >= 0.3 is 0 Å². The number of nitrogens with zero attached hydrogens (tertiary/aromatic N) is 2. The number of amides is 1. The summed E-state index contributed by atoms with van der Waals surface area (Å²) in [5, 5.41) is 10.6. The van der Waals surface area contributed by atoms with E-state index in [1.807, 2.05) is 19.1 Å². The van der Waals surface area contributed by atoms with Crippen LogP contribution in [0.25, 0.3) is 10.9 Å². The Balaban J connectivity index is 1.88. The maximum absolute atomic E-state index is 12.2. The molecule has 1 amide bonds. The molecule has 3 aromatic rings. The van der Waals surface area contributed by atoms with E-state index in [9.17, 15) is 4.79 Å². The molecule has 0 fully saturated rings. The zero-order valence-electron chi connectivity index (χ0n) is 10.6. The van der Waals surface area contributed by atoms with E-state index in [1.165, 1.54) is 0 Å². The van der Waals surface area contributed by atoms with E-state index in [2.05, 4.69) is 36.4 Å². The molecule has 1 aromatic carbocycles. The highest BCUT2D eigenvalue weighted by Crippen LogP contribution is 2.18. The van der Waals surface area contributed by atoms with Crippen molar-refractivity contribution in [3.05, 3.63) is 52.4 Å². The lowest BCUT2D eigenvalue weighted by molar-refractivity contribution is 0.102. The summed E-state index contributed by atoms with van der Waals surface area (Å²) in [5.74, 6) is -0.172. The summed E-state index contributed by atoms with van der Waals surface area (Å²) in [7, 11) is 0. The fourth-order valence-corrected chi connectivity index (χ4v) is 2.33. The summed E-state index contributed by atoms with van der Waals surface area (Å²) in [6.07, 6.45) is 1.72. The minimum atomic E-state index is -0.172. The molecule has 2 heterocycles. The van der Waals surface area contributed by atoms with Crippen molar-refractivity contribution < 1.29 is 4.79 Å². The molecule has 0 aliphatic rings. The first-order valence-corrected chi connectivity index (χ1v) is 6.80. The summed E-state index contributed by atoms with van der Waals surface area (Å²) < 4.78 is 0.742. The second kappa shape index (κ2) is 5.05. The molecule has 5 nitrogen and oxygen atoms in total. The number of benzene rings is 1. The number of aromatic amines is 1. The predicted octanol–water partition coefficient (Wildman–Crippen LogP) is 3.28. The number of carbonyl (C=O) groups is 1. The molecule has 6 heteroatoms. The third kappa shape index (κ3) is 2.42. The van der Waals surface area contributed by atoms with Gasteiger partial charge in [-0.15, -0.1) is 0 Å². The number of pyridine rings is 1. The quantitative estimate of drug-likeness (QED) is 0.708. The molecule has 2 aromatic heterocycles. The summed E-state index contributed by atoms with van der Waals surface area (Å²) in [5.41, 5.74) is 2.87. The number of halogens is 1. The second-order valence-electron chi connectivity index (χ2n) is 4.39. The van der Waals surface area contributed by atoms with E-state index in [0.717, 1.165) is 21.2 Å². The number of aryl methyl sites for hydroxylation is 1. The Morgan fingerprint density at radius 2 is 2.15 bits per heavy atom. The van der Waals surface area contributed by atoms with Gasteiger partial charge in [0.05, 0.1) is 23.1 Å². The molecule has 20 heavy (non-hydrogen) atoms. The fraction of sp³-hybridized carbons (Fsp3) is 0.0714. The van der Waals surface area contributed by atoms with Crippen LogP contribution in [-0.2, 0) is 0 Å². The standard InChI is InChI=1S/C14H11BrN4O/c1-8-11(4-5-13(15)17-8)18-14(20)9-2-3-10-7-16-19-12(10)6-9/h2-7H,1H3,(H,16,19)(H,18,20). The van der Waals surface area contributed by atoms with Crippen molar-refractivity contribution in [2.24, 2.45) is 0 Å². The Morgan fingerprint density at radius 3 is 2.95 bits per heavy atom. The molecule has 0 aliphatic heterocycles. The van der Waals surface area contributed by atoms with E-state index < -0.39 is 0 Å². The Bertz CT molecular complexity index is 797. The number of aromatic nitrogens is 3. The Hall–Kier alpha value is -2.21. The lowest BCUT2D eigenvalue weighted by Crippen LogP contribution is -2.13. The van der Waals surface area contributed by atoms with Crippen LogP contribution < -0.4 is 5.32 Å². The minimum Gasteiger partial charge on any atom is -0.320 e. The van der Waals surface area contributed by atoms with Gasteiger partial charge in [-0.2, -0.15) is 5.10 Å². The normalized spacial score (nSPS) is 10.7. The zero-order valence-corrected chi connectivity index (χ0v) is 12.2. The third-order valence-electron chi connectivity index (χ3n) is 3.00. The second-order valence-corrected chi connectivity index (χ2v) is 5.21. The molecule has 100 valence electrons. The van der Waals surface area contributed by atoms with Gasteiger partial charge in [-0.05, 0) is 47.1 Å². The van der Waals surface area contributed by atoms with Crippen LogP contribution in [-0.4, -0.2) is 21.1 Å². The fourth-order valence-electron chi connectivity index (χ4n) is 1.94. The van der Waals surface area contributed by atoms with Gasteiger partial charge in [0.25, 0.3) is 5.91 Å². The number of anilines is 1. The van der Waals surface area contributed by atoms with Gasteiger partial charge in [0.1, 0.15) is 4.60 Å². The van der Waals surface area contributed by atoms with Crippen molar-refractivity contribution in [3.63, 3.8) is 0 Å². The van der Waals surface area contributed by atoms with Gasteiger partial charge in [0.15, 0.2) is 0 Å². The predicted molar refractivity (Wildman–Crippen MR) is 80.7 cm³/mol. The Kier molecular flexibility index (Phi) is 3.23. The lowest BCUT2D eigenvalue weighted by Gasteiger charge is -2.08. The smallest absolute Gasteiger partial charge is 0.255 e. The van der Waals surface area contributed by atoms with Gasteiger partial charge in [-0.1, -0.05) is 6.07 Å². The first-order chi connectivity index (χ1) is 9.63. The van der Waals surface area contributed by atoms with Gasteiger partial charge in [0.2, 0.25) is 0 Å². The number of hydrogen-bond donors (Lipinski definition) is 2. The van der Waals surface area contributed by atoms with Crippen molar-refractivity contribution in [2.75, 3.05) is 5.32 Å². The molecule has 3 rings (SSSR count). The largest absolute Gasteiger partial charge is 0.320 e. The van der Waals surface area contributed by atoms with Crippen LogP contribution >= 0.6 is 15.9 Å². The SMILES string of the molecule is Cc1nc(Br)ccc1NC(=O)c1ccc2cn[nH]c2c1. The van der Waals surface area contributed by atoms with Crippen LogP contribution in [0.15, 0.2) is 41.1 Å². The van der Waals surface area contributed by atoms with Crippen molar-refractivity contribution in [1.82, 2.24) is 15.2 Å². The van der Waals surface area contributed by atoms with Crippen LogP contribution in [0.1, 0.15) is 16.1 Å². The Labute approximate surface area is 123 Å². The van der Waals surface area contributed by atoms with Gasteiger partial charge in [0, 0.05) is 10.9 Å². The number of hydrogen-bond acceptors (Lipinski definition) is 3. The van der Waals surface area contributed by atoms with Crippen molar-refractivity contribution in [3.8, 4) is 0 Å². The van der Waals surface area contributed by atoms with Crippen LogP contribution in [0, 0.1) is 6.92 Å². The van der Waals surface area contributed by atoms with Gasteiger partial charge in [-0.3, -0.25) is 9.89 Å². The highest BCUT2D eigenvalue weighted by molar-refractivity contribution is 9.10. The van der Waals surface area contributed by atoms with Crippen LogP contribution in [0.2, 0.25) is 0 Å². The van der Waals surface area contributed by atoms with Crippen molar-refractivity contribution >= 4 is 38.4 Å². The number of rotatable bonds is 2. The Morgan fingerprint density at radius 1 is 1.30 bits per heavy atom. The zero-order chi connectivity index (χ0) is 14.1. The van der Waals surface area contributed by atoms with E-state index in [4.69, 9.17) is 0 Å². The van der Waals surface area contributed by atoms with E-state index >= 15 is 0 Å². The van der Waals surface area contributed by atoms with Gasteiger partial charge < -0.3 is 5.32 Å². The van der Waals surface area contributed by atoms with E-state index in [-0.39, 0.29) is 5.91 Å². The molecule has 0 atom stereocenters. The average molecular weight is 331 g/mol. The summed E-state index contributed by atoms with van der Waals surface area (Å²) in [6.45, 7) is 1.85. The number of carbonyl (C=O) groups excluding carboxylic acids is 1. The molecule has 0 aliphatic carbocycles. The summed E-state index contributed by atoms with van der Waals surface area (Å²) in [4.78, 5) is 16.5. The van der Waals surface area contributed by atoms with Crippen LogP contribution in [0.3, 0.4) is 0 Å². The molecular weight excluding hydrogens is 320 g/mol. The summed E-state index contributed by atoms with van der Waals surface area (Å²) in [6, 6.07) is 9.02. The average Bonchev–Trinajstić information content (AvgIpc) is 2.89. The highest BCUT2D eigenvalue weighted by atomic mass is 79.9. The number of fused-ring (bicyclic) bond motifs is 1. The van der Waals surface area contributed by atoms with Crippen LogP contribution in [0.4, 0.5) is 5.69 Å². The third-order valence-corrected chi connectivity index (χ3v) is 3.45. The van der Waals surface area contributed by atoms with Crippen molar-refractivity contribution in [1.29, 1.82) is 0 Å². The molecule has 0 bridgehead atoms. The highest BCUT2D eigenvalue weighted by Gasteiger charge is 2.09. The first-order valence-electron chi connectivity index (χ1n) is 6.01. The summed E-state index contributed by atoms with van der Waals surface area (Å²) >= 11 is 3.30. The van der Waals surface area contributed by atoms with Crippen molar-refractivity contribution in [2.45, 2.75) is 6.92 Å². The van der Waals surface area contributed by atoms with Crippen LogP contribution in [0.5, 0.6) is 0 Å². The minimum absolute atomic E-state index is 0.172. The monoisotopic (exact) mass is 330 g/mol. The number of nitrogens with one attached hydrogen (secondary N) is 2. The lowest BCUT2D eigenvalue weighted by atomic mass is 10.1. The molecular formula is C14H11BrN4O. The topological polar surface area (TPSA) is 70.7 Å².